The Labute approximate surface area is 175 Å². The van der Waals surface area contributed by atoms with Gasteiger partial charge in [-0.25, -0.2) is 15.0 Å². The molecule has 0 aromatic carbocycles. The molecule has 0 aliphatic rings. The van der Waals surface area contributed by atoms with Gasteiger partial charge in [-0.3, -0.25) is 9.78 Å². The summed E-state index contributed by atoms with van der Waals surface area (Å²) in [5, 5.41) is 1.08. The number of rotatable bonds is 3. The Bertz CT molecular complexity index is 1490. The topological polar surface area (TPSA) is 109 Å². The van der Waals surface area contributed by atoms with Gasteiger partial charge in [-0.1, -0.05) is 11.6 Å². The summed E-state index contributed by atoms with van der Waals surface area (Å²) < 4.78 is 5.46. The molecule has 0 aliphatic carbocycles. The molecule has 5 aromatic heterocycles. The van der Waals surface area contributed by atoms with Gasteiger partial charge in [-0.05, 0) is 31.2 Å². The van der Waals surface area contributed by atoms with Crippen LogP contribution in [-0.4, -0.2) is 37.0 Å². The summed E-state index contributed by atoms with van der Waals surface area (Å²) in [6.45, 7) is 1.89. The van der Waals surface area contributed by atoms with Crippen LogP contribution in [0.5, 0.6) is 5.88 Å². The molecule has 0 spiro atoms. The second-order valence-corrected chi connectivity index (χ2v) is 7.14. The normalized spacial score (nSPS) is 11.3. The third-order valence-electron chi connectivity index (χ3n) is 4.81. The molecule has 5 heterocycles. The summed E-state index contributed by atoms with van der Waals surface area (Å²) in [5.74, 6) is 0.883. The maximum atomic E-state index is 12.8. The van der Waals surface area contributed by atoms with Crippen LogP contribution in [0.1, 0.15) is 5.69 Å². The minimum atomic E-state index is -0.272. The largest absolute Gasteiger partial charge is 0.480 e. The standard InChI is InChI=1S/C21H15ClN6O2/c1-10-3-4-11(21(25-10)30-2)18-12-7-13(20(29)28-14(12)5-6-23-18)19-26-15-8-17(22)24-9-16(15)27-19/h3-9H,1-2H3,(H,26,27)(H,28,29). The molecule has 0 saturated heterocycles. The number of imidazole rings is 1. The van der Waals surface area contributed by atoms with Crippen LogP contribution in [0.4, 0.5) is 0 Å². The minimum Gasteiger partial charge on any atom is -0.480 e. The number of aromatic nitrogens is 6. The van der Waals surface area contributed by atoms with E-state index in [0.717, 1.165) is 16.6 Å². The number of ether oxygens (including phenoxy) is 1. The lowest BCUT2D eigenvalue weighted by Crippen LogP contribution is -2.10. The number of halogens is 1. The van der Waals surface area contributed by atoms with Gasteiger partial charge in [0.25, 0.3) is 5.56 Å². The van der Waals surface area contributed by atoms with Crippen LogP contribution in [0.3, 0.4) is 0 Å². The maximum Gasteiger partial charge on any atom is 0.259 e. The zero-order valence-corrected chi connectivity index (χ0v) is 16.8. The fraction of sp³-hybridized carbons (Fsp3) is 0.0952. The van der Waals surface area contributed by atoms with Crippen molar-refractivity contribution in [1.82, 2.24) is 29.9 Å². The number of fused-ring (bicyclic) bond motifs is 2. The zero-order chi connectivity index (χ0) is 20.8. The Kier molecular flexibility index (Phi) is 4.22. The summed E-state index contributed by atoms with van der Waals surface area (Å²) in [6.07, 6.45) is 3.22. The van der Waals surface area contributed by atoms with Gasteiger partial charge in [0.2, 0.25) is 5.88 Å². The maximum absolute atomic E-state index is 12.8. The molecule has 0 unspecified atom stereocenters. The first kappa shape index (κ1) is 18.3. The van der Waals surface area contributed by atoms with E-state index in [1.807, 2.05) is 19.1 Å². The number of nitrogens with zero attached hydrogens (tertiary/aromatic N) is 4. The fourth-order valence-corrected chi connectivity index (χ4v) is 3.55. The Morgan fingerprint density at radius 1 is 1.00 bits per heavy atom. The zero-order valence-electron chi connectivity index (χ0n) is 16.0. The van der Waals surface area contributed by atoms with Crippen molar-refractivity contribution >= 4 is 33.5 Å². The van der Waals surface area contributed by atoms with E-state index in [-0.39, 0.29) is 5.56 Å². The molecular formula is C21H15ClN6O2. The smallest absolute Gasteiger partial charge is 0.259 e. The highest BCUT2D eigenvalue weighted by Crippen LogP contribution is 2.32. The lowest BCUT2D eigenvalue weighted by Gasteiger charge is -2.10. The van der Waals surface area contributed by atoms with Crippen LogP contribution in [-0.2, 0) is 0 Å². The van der Waals surface area contributed by atoms with E-state index in [9.17, 15) is 4.79 Å². The van der Waals surface area contributed by atoms with Crippen molar-refractivity contribution in [1.29, 1.82) is 0 Å². The van der Waals surface area contributed by atoms with E-state index in [2.05, 4.69) is 29.9 Å². The van der Waals surface area contributed by atoms with Crippen LogP contribution in [0.2, 0.25) is 5.15 Å². The van der Waals surface area contributed by atoms with Crippen LogP contribution in [0.25, 0.3) is 44.6 Å². The van der Waals surface area contributed by atoms with E-state index in [1.54, 1.807) is 37.7 Å². The van der Waals surface area contributed by atoms with Crippen molar-refractivity contribution in [3.63, 3.8) is 0 Å². The molecule has 2 N–H and O–H groups in total. The predicted molar refractivity (Wildman–Crippen MR) is 115 cm³/mol. The van der Waals surface area contributed by atoms with Gasteiger partial charge in [0.05, 0.1) is 46.7 Å². The summed E-state index contributed by atoms with van der Waals surface area (Å²) in [5.41, 5.74) is 4.28. The van der Waals surface area contributed by atoms with Crippen LogP contribution in [0.15, 0.2) is 47.5 Å². The second-order valence-electron chi connectivity index (χ2n) is 6.75. The molecule has 5 aromatic rings. The Morgan fingerprint density at radius 3 is 2.70 bits per heavy atom. The van der Waals surface area contributed by atoms with Crippen LogP contribution >= 0.6 is 11.6 Å². The monoisotopic (exact) mass is 418 g/mol. The highest BCUT2D eigenvalue weighted by atomic mass is 35.5. The molecule has 0 atom stereocenters. The van der Waals surface area contributed by atoms with E-state index in [1.165, 1.54) is 0 Å². The molecule has 0 amide bonds. The van der Waals surface area contributed by atoms with E-state index < -0.39 is 0 Å². The highest BCUT2D eigenvalue weighted by Gasteiger charge is 2.16. The number of aryl methyl sites for hydroxylation is 1. The Balaban J connectivity index is 1.76. The molecular weight excluding hydrogens is 404 g/mol. The van der Waals surface area contributed by atoms with Gasteiger partial charge in [0, 0.05) is 23.3 Å². The number of pyridine rings is 4. The molecule has 8 nitrogen and oxygen atoms in total. The lowest BCUT2D eigenvalue weighted by molar-refractivity contribution is 0.398. The molecule has 148 valence electrons. The van der Waals surface area contributed by atoms with Gasteiger partial charge in [0.1, 0.15) is 11.0 Å². The van der Waals surface area contributed by atoms with Crippen molar-refractivity contribution in [3.8, 4) is 28.5 Å². The van der Waals surface area contributed by atoms with Crippen molar-refractivity contribution in [2.75, 3.05) is 7.11 Å². The average Bonchev–Trinajstić information content (AvgIpc) is 3.15. The van der Waals surface area contributed by atoms with Crippen molar-refractivity contribution in [3.05, 3.63) is 63.9 Å². The first-order valence-electron chi connectivity index (χ1n) is 9.09. The van der Waals surface area contributed by atoms with E-state index >= 15 is 0 Å². The van der Waals surface area contributed by atoms with E-state index in [0.29, 0.717) is 44.7 Å². The van der Waals surface area contributed by atoms with Crippen molar-refractivity contribution in [2.24, 2.45) is 0 Å². The highest BCUT2D eigenvalue weighted by molar-refractivity contribution is 6.29. The summed E-state index contributed by atoms with van der Waals surface area (Å²) in [6, 6.07) is 8.95. The Hall–Kier alpha value is -3.78. The number of methoxy groups -OCH3 is 1. The molecule has 30 heavy (non-hydrogen) atoms. The number of H-pyrrole nitrogens is 2. The van der Waals surface area contributed by atoms with E-state index in [4.69, 9.17) is 16.3 Å². The molecule has 0 saturated carbocycles. The van der Waals surface area contributed by atoms with Crippen LogP contribution in [0, 0.1) is 6.92 Å². The van der Waals surface area contributed by atoms with Crippen LogP contribution < -0.4 is 10.3 Å². The number of aromatic amines is 2. The Morgan fingerprint density at radius 2 is 1.87 bits per heavy atom. The molecule has 0 fully saturated rings. The predicted octanol–water partition coefficient (Wildman–Crippen LogP) is 3.89. The first-order chi connectivity index (χ1) is 14.5. The lowest BCUT2D eigenvalue weighted by atomic mass is 10.1. The summed E-state index contributed by atoms with van der Waals surface area (Å²) in [4.78, 5) is 36.3. The molecule has 5 rings (SSSR count). The summed E-state index contributed by atoms with van der Waals surface area (Å²) >= 11 is 5.95. The number of hydrogen-bond acceptors (Lipinski definition) is 6. The number of nitrogens with one attached hydrogen (secondary N) is 2. The quantitative estimate of drug-likeness (QED) is 0.430. The first-order valence-corrected chi connectivity index (χ1v) is 9.47. The molecule has 0 radical (unpaired) electrons. The van der Waals surface area contributed by atoms with Gasteiger partial charge in [-0.2, -0.15) is 0 Å². The second kappa shape index (κ2) is 6.93. The molecule has 0 aliphatic heterocycles. The fourth-order valence-electron chi connectivity index (χ4n) is 3.40. The molecule has 0 bridgehead atoms. The van der Waals surface area contributed by atoms with Crippen molar-refractivity contribution in [2.45, 2.75) is 6.92 Å². The van der Waals surface area contributed by atoms with Gasteiger partial charge in [-0.15, -0.1) is 0 Å². The average molecular weight is 419 g/mol. The molecule has 9 heteroatoms. The third kappa shape index (κ3) is 2.98. The SMILES string of the molecule is COc1nc(C)ccc1-c1nccc2[nH]c(=O)c(-c3nc4cc(Cl)ncc4[nH]3)cc12. The third-order valence-corrected chi connectivity index (χ3v) is 5.02. The van der Waals surface area contributed by atoms with Crippen molar-refractivity contribution < 1.29 is 4.74 Å². The number of hydrogen-bond donors (Lipinski definition) is 2. The van der Waals surface area contributed by atoms with Gasteiger partial charge in [0.15, 0.2) is 0 Å². The van der Waals surface area contributed by atoms with Gasteiger partial charge < -0.3 is 14.7 Å². The summed E-state index contributed by atoms with van der Waals surface area (Å²) in [7, 11) is 1.57. The minimum absolute atomic E-state index is 0.272. The van der Waals surface area contributed by atoms with Gasteiger partial charge >= 0.3 is 0 Å².